The fourth-order valence-corrected chi connectivity index (χ4v) is 4.83. The molecule has 0 aromatic heterocycles. The maximum atomic E-state index is 13.1. The van der Waals surface area contributed by atoms with Gasteiger partial charge >= 0.3 is 0 Å². The Bertz CT molecular complexity index is 1290. The molecule has 8 heteroatoms. The van der Waals surface area contributed by atoms with Crippen LogP contribution in [0.2, 0.25) is 0 Å². The number of fused-ring (bicyclic) bond motifs is 3. The molecule has 0 saturated carbocycles. The van der Waals surface area contributed by atoms with E-state index in [0.717, 1.165) is 49.5 Å². The van der Waals surface area contributed by atoms with E-state index in [1.807, 2.05) is 42.5 Å². The summed E-state index contributed by atoms with van der Waals surface area (Å²) in [5.41, 5.74) is 5.29. The molecule has 0 spiro atoms. The summed E-state index contributed by atoms with van der Waals surface area (Å²) in [5.74, 6) is 0.432. The number of morpholine rings is 1. The van der Waals surface area contributed by atoms with Crippen LogP contribution in [0.1, 0.15) is 43.0 Å². The highest BCUT2D eigenvalue weighted by Crippen LogP contribution is 2.24. The third-order valence-electron chi connectivity index (χ3n) is 6.88. The van der Waals surface area contributed by atoms with Gasteiger partial charge in [0.15, 0.2) is 0 Å². The number of nitrogens with zero attached hydrogens (tertiary/aromatic N) is 1. The molecule has 1 fully saturated rings. The van der Waals surface area contributed by atoms with Gasteiger partial charge in [0, 0.05) is 50.3 Å². The normalized spacial score (nSPS) is 16.8. The van der Waals surface area contributed by atoms with Gasteiger partial charge < -0.3 is 24.8 Å². The van der Waals surface area contributed by atoms with Crippen molar-refractivity contribution in [3.63, 3.8) is 0 Å². The predicted molar refractivity (Wildman–Crippen MR) is 148 cm³/mol. The van der Waals surface area contributed by atoms with E-state index in [9.17, 15) is 9.59 Å². The van der Waals surface area contributed by atoms with Crippen LogP contribution < -0.4 is 15.4 Å². The van der Waals surface area contributed by atoms with Gasteiger partial charge in [-0.05, 0) is 52.6 Å². The Kier molecular flexibility index (Phi) is 9.21. The molecule has 2 bridgehead atoms. The van der Waals surface area contributed by atoms with E-state index in [-0.39, 0.29) is 11.8 Å². The lowest BCUT2D eigenvalue weighted by Gasteiger charge is -2.26. The van der Waals surface area contributed by atoms with Gasteiger partial charge in [0.2, 0.25) is 0 Å². The van der Waals surface area contributed by atoms with Crippen molar-refractivity contribution in [3.05, 3.63) is 100 Å². The van der Waals surface area contributed by atoms with Gasteiger partial charge in [-0.3, -0.25) is 14.5 Å². The highest BCUT2D eigenvalue weighted by molar-refractivity contribution is 5.95. The van der Waals surface area contributed by atoms with Crippen LogP contribution in [0.25, 0.3) is 0 Å². The van der Waals surface area contributed by atoms with Crippen LogP contribution in [0.4, 0.5) is 0 Å². The van der Waals surface area contributed by atoms with E-state index in [2.05, 4.69) is 27.7 Å². The van der Waals surface area contributed by atoms with Crippen molar-refractivity contribution < 1.29 is 23.8 Å². The Morgan fingerprint density at radius 1 is 0.872 bits per heavy atom. The van der Waals surface area contributed by atoms with E-state index in [1.54, 1.807) is 12.1 Å². The van der Waals surface area contributed by atoms with Crippen LogP contribution in [0.3, 0.4) is 0 Å². The minimum atomic E-state index is -0.146. The van der Waals surface area contributed by atoms with Crippen molar-refractivity contribution in [1.29, 1.82) is 0 Å². The molecule has 0 radical (unpaired) electrons. The average Bonchev–Trinajstić information content (AvgIpc) is 2.96. The Balaban J connectivity index is 1.28. The predicted octanol–water partition coefficient (Wildman–Crippen LogP) is 3.18. The second-order valence-electron chi connectivity index (χ2n) is 9.81. The molecule has 3 aromatic rings. The molecule has 0 atom stereocenters. The molecule has 2 N–H and O–H groups in total. The summed E-state index contributed by atoms with van der Waals surface area (Å²) >= 11 is 0. The molecule has 0 aliphatic carbocycles. The first kappa shape index (κ1) is 26.9. The number of rotatable bonds is 5. The number of amides is 2. The Morgan fingerprint density at radius 3 is 2.59 bits per heavy atom. The van der Waals surface area contributed by atoms with Crippen molar-refractivity contribution in [2.75, 3.05) is 52.7 Å². The lowest BCUT2D eigenvalue weighted by Crippen LogP contribution is -2.35. The lowest BCUT2D eigenvalue weighted by atomic mass is 9.99. The van der Waals surface area contributed by atoms with E-state index >= 15 is 0 Å². The average molecular weight is 530 g/mol. The van der Waals surface area contributed by atoms with Crippen molar-refractivity contribution in [1.82, 2.24) is 15.5 Å². The number of carbonyl (C=O) groups excluding carboxylic acids is 2. The standard InChI is InChI=1S/C31H35N3O5/c35-30-26-6-2-3-23(18-26)19-28-20-27(7-8-29(28)39-16-15-37-12-9-32-30)31(36)33-21-24-4-1-5-25(17-24)22-34-10-13-38-14-11-34/h1-8,17-18,20H,9-16,19,21-22H2,(H,32,35)(H,33,36). The number of nitrogens with one attached hydrogen (secondary N) is 2. The number of ether oxygens (including phenoxy) is 3. The van der Waals surface area contributed by atoms with Gasteiger partial charge in [-0.1, -0.05) is 36.4 Å². The molecule has 0 unspecified atom stereocenters. The molecule has 8 nitrogen and oxygen atoms in total. The zero-order valence-electron chi connectivity index (χ0n) is 22.1. The minimum Gasteiger partial charge on any atom is -0.491 e. The van der Waals surface area contributed by atoms with Crippen LogP contribution >= 0.6 is 0 Å². The van der Waals surface area contributed by atoms with Crippen LogP contribution in [-0.2, 0) is 29.0 Å². The molecule has 3 aromatic carbocycles. The highest BCUT2D eigenvalue weighted by Gasteiger charge is 2.15. The van der Waals surface area contributed by atoms with Crippen LogP contribution in [0.15, 0.2) is 66.7 Å². The topological polar surface area (TPSA) is 89.1 Å². The summed E-state index contributed by atoms with van der Waals surface area (Å²) in [6.07, 6.45) is 0.530. The summed E-state index contributed by atoms with van der Waals surface area (Å²) in [6.45, 7) is 6.39. The molecule has 2 aliphatic heterocycles. The Morgan fingerprint density at radius 2 is 1.69 bits per heavy atom. The second kappa shape index (κ2) is 13.4. The van der Waals surface area contributed by atoms with Crippen LogP contribution in [-0.4, -0.2) is 69.4 Å². The van der Waals surface area contributed by atoms with Crippen molar-refractivity contribution in [2.24, 2.45) is 0 Å². The second-order valence-corrected chi connectivity index (χ2v) is 9.81. The zero-order valence-corrected chi connectivity index (χ0v) is 22.1. The molecule has 5 rings (SSSR count). The smallest absolute Gasteiger partial charge is 0.251 e. The maximum Gasteiger partial charge on any atom is 0.251 e. The first-order valence-corrected chi connectivity index (χ1v) is 13.5. The van der Waals surface area contributed by atoms with Gasteiger partial charge in [0.05, 0.1) is 26.4 Å². The first-order valence-electron chi connectivity index (χ1n) is 13.5. The number of hydrogen-bond donors (Lipinski definition) is 2. The fraction of sp³-hybridized carbons (Fsp3) is 0.355. The quantitative estimate of drug-likeness (QED) is 0.528. The Labute approximate surface area is 229 Å². The summed E-state index contributed by atoms with van der Waals surface area (Å²) in [5, 5.41) is 5.94. The molecule has 2 amide bonds. The molecule has 1 saturated heterocycles. The van der Waals surface area contributed by atoms with Crippen molar-refractivity contribution in [3.8, 4) is 5.75 Å². The molecule has 2 heterocycles. The monoisotopic (exact) mass is 529 g/mol. The van der Waals surface area contributed by atoms with Crippen molar-refractivity contribution in [2.45, 2.75) is 19.5 Å². The molecular weight excluding hydrogens is 494 g/mol. The van der Waals surface area contributed by atoms with Gasteiger partial charge in [0.25, 0.3) is 11.8 Å². The van der Waals surface area contributed by atoms with Gasteiger partial charge in [-0.2, -0.15) is 0 Å². The fourth-order valence-electron chi connectivity index (χ4n) is 4.83. The molecule has 2 aliphatic rings. The number of hydrogen-bond acceptors (Lipinski definition) is 6. The third kappa shape index (κ3) is 7.66. The van der Waals surface area contributed by atoms with Crippen LogP contribution in [0, 0.1) is 0 Å². The molecule has 204 valence electrons. The number of carbonyl (C=O) groups is 2. The molecule has 39 heavy (non-hydrogen) atoms. The molecular formula is C31H35N3O5. The maximum absolute atomic E-state index is 13.1. The largest absolute Gasteiger partial charge is 0.491 e. The number of benzene rings is 3. The van der Waals surface area contributed by atoms with Crippen LogP contribution in [0.5, 0.6) is 5.75 Å². The van der Waals surface area contributed by atoms with Gasteiger partial charge in [-0.25, -0.2) is 0 Å². The summed E-state index contributed by atoms with van der Waals surface area (Å²) < 4.78 is 17.0. The van der Waals surface area contributed by atoms with E-state index < -0.39 is 0 Å². The summed E-state index contributed by atoms with van der Waals surface area (Å²) in [7, 11) is 0. The highest BCUT2D eigenvalue weighted by atomic mass is 16.5. The van der Waals surface area contributed by atoms with Gasteiger partial charge in [-0.15, -0.1) is 0 Å². The SMILES string of the molecule is O=C1NCCOCCOc2ccc(C(=O)NCc3cccc(CN4CCOCC4)c3)cc2Cc2cccc1c2. The van der Waals surface area contributed by atoms with E-state index in [4.69, 9.17) is 14.2 Å². The Hall–Kier alpha value is -3.72. The van der Waals surface area contributed by atoms with E-state index in [1.165, 1.54) is 5.56 Å². The third-order valence-corrected chi connectivity index (χ3v) is 6.88. The summed E-state index contributed by atoms with van der Waals surface area (Å²) in [6, 6.07) is 21.4. The summed E-state index contributed by atoms with van der Waals surface area (Å²) in [4.78, 5) is 28.0. The zero-order chi connectivity index (χ0) is 26.9. The lowest BCUT2D eigenvalue weighted by molar-refractivity contribution is 0.0342. The first-order chi connectivity index (χ1) is 19.1. The minimum absolute atomic E-state index is 0.129. The van der Waals surface area contributed by atoms with E-state index in [0.29, 0.717) is 56.2 Å². The van der Waals surface area contributed by atoms with Crippen molar-refractivity contribution >= 4 is 11.8 Å². The van der Waals surface area contributed by atoms with Gasteiger partial charge in [0.1, 0.15) is 12.4 Å².